The van der Waals surface area contributed by atoms with E-state index >= 15 is 0 Å². The van der Waals surface area contributed by atoms with Crippen molar-refractivity contribution < 1.29 is 22.9 Å². The van der Waals surface area contributed by atoms with Crippen molar-refractivity contribution in [2.75, 3.05) is 11.8 Å². The maximum absolute atomic E-state index is 12.2. The van der Waals surface area contributed by atoms with Gasteiger partial charge in [0, 0.05) is 17.8 Å². The fraction of sp³-hybridized carbons (Fsp3) is 0.0833. The number of anilines is 1. The topological polar surface area (TPSA) is 116 Å². The van der Waals surface area contributed by atoms with Crippen molar-refractivity contribution in [1.29, 1.82) is 0 Å². The molecule has 0 aliphatic carbocycles. The second-order valence-electron chi connectivity index (χ2n) is 4.02. The molecule has 1 aromatic carbocycles. The molecule has 0 fully saturated rings. The molecule has 1 N–H and O–H groups in total. The molecule has 10 heteroatoms. The summed E-state index contributed by atoms with van der Waals surface area (Å²) in [5.74, 6) is -0.623. The average molecular weight is 342 g/mol. The third kappa shape index (κ3) is 3.40. The molecule has 116 valence electrons. The monoisotopic (exact) mass is 342 g/mol. The van der Waals surface area contributed by atoms with Crippen LogP contribution in [0.3, 0.4) is 0 Å². The highest BCUT2D eigenvalue weighted by Crippen LogP contribution is 2.25. The van der Waals surface area contributed by atoms with Crippen LogP contribution in [0.1, 0.15) is 9.67 Å². The van der Waals surface area contributed by atoms with Gasteiger partial charge in [-0.15, -0.1) is 11.3 Å². The van der Waals surface area contributed by atoms with Gasteiger partial charge >= 0.3 is 5.97 Å². The standard InChI is InChI=1S/C12H10N2O6S2/c1-20-12(15)10-6-7-11(21-10)22(18,19)13-8-2-4-9(5-3-8)14(16)17/h2-7,13H,1H3. The molecule has 0 atom stereocenters. The Labute approximate surface area is 129 Å². The van der Waals surface area contributed by atoms with Crippen molar-refractivity contribution in [2.24, 2.45) is 0 Å². The van der Waals surface area contributed by atoms with Crippen LogP contribution in [-0.2, 0) is 14.8 Å². The van der Waals surface area contributed by atoms with E-state index in [1.807, 2.05) is 0 Å². The lowest BCUT2D eigenvalue weighted by molar-refractivity contribution is -0.384. The zero-order valence-corrected chi connectivity index (χ0v) is 12.8. The number of sulfonamides is 1. The molecule has 2 rings (SSSR count). The molecule has 0 saturated carbocycles. The van der Waals surface area contributed by atoms with E-state index in [0.717, 1.165) is 11.3 Å². The smallest absolute Gasteiger partial charge is 0.348 e. The number of carbonyl (C=O) groups is 1. The van der Waals surface area contributed by atoms with E-state index in [0.29, 0.717) is 0 Å². The number of nitrogens with one attached hydrogen (secondary N) is 1. The second-order valence-corrected chi connectivity index (χ2v) is 7.01. The number of hydrogen-bond donors (Lipinski definition) is 1. The number of methoxy groups -OCH3 is 1. The summed E-state index contributed by atoms with van der Waals surface area (Å²) in [4.78, 5) is 21.4. The van der Waals surface area contributed by atoms with Crippen LogP contribution in [0.4, 0.5) is 11.4 Å². The summed E-state index contributed by atoms with van der Waals surface area (Å²) in [7, 11) is -2.68. The number of nitro groups is 1. The van der Waals surface area contributed by atoms with Gasteiger partial charge < -0.3 is 4.74 Å². The molecule has 0 amide bonds. The minimum absolute atomic E-state index is 0.0637. The molecule has 2 aromatic rings. The van der Waals surface area contributed by atoms with Crippen LogP contribution in [0.25, 0.3) is 0 Å². The fourth-order valence-corrected chi connectivity index (χ4v) is 3.81. The van der Waals surface area contributed by atoms with Crippen molar-refractivity contribution in [2.45, 2.75) is 4.21 Å². The molecule has 0 bridgehead atoms. The van der Waals surface area contributed by atoms with Crippen LogP contribution in [0.15, 0.2) is 40.6 Å². The molecule has 0 unspecified atom stereocenters. The lowest BCUT2D eigenvalue weighted by atomic mass is 10.3. The number of nitro benzene ring substituents is 1. The molecular weight excluding hydrogens is 332 g/mol. The molecule has 22 heavy (non-hydrogen) atoms. The number of hydrogen-bond acceptors (Lipinski definition) is 7. The Morgan fingerprint density at radius 1 is 1.23 bits per heavy atom. The van der Waals surface area contributed by atoms with E-state index in [-0.39, 0.29) is 20.5 Å². The van der Waals surface area contributed by atoms with E-state index in [1.165, 1.54) is 43.5 Å². The summed E-state index contributed by atoms with van der Waals surface area (Å²) in [6, 6.07) is 7.57. The molecular formula is C12H10N2O6S2. The number of rotatable bonds is 5. The van der Waals surface area contributed by atoms with E-state index in [9.17, 15) is 23.3 Å². The second kappa shape index (κ2) is 6.12. The maximum atomic E-state index is 12.2. The number of nitrogens with zero attached hydrogens (tertiary/aromatic N) is 1. The lowest BCUT2D eigenvalue weighted by Crippen LogP contribution is -2.11. The number of benzene rings is 1. The molecule has 8 nitrogen and oxygen atoms in total. The first-order valence-electron chi connectivity index (χ1n) is 5.79. The van der Waals surface area contributed by atoms with Crippen LogP contribution in [0, 0.1) is 10.1 Å². The van der Waals surface area contributed by atoms with E-state index in [4.69, 9.17) is 0 Å². The number of carbonyl (C=O) groups excluding carboxylic acids is 1. The van der Waals surface area contributed by atoms with E-state index < -0.39 is 20.9 Å². The van der Waals surface area contributed by atoms with Gasteiger partial charge in [0.2, 0.25) is 0 Å². The SMILES string of the molecule is COC(=O)c1ccc(S(=O)(=O)Nc2ccc([N+](=O)[O-])cc2)s1. The Morgan fingerprint density at radius 3 is 2.41 bits per heavy atom. The van der Waals surface area contributed by atoms with Gasteiger partial charge in [0.05, 0.1) is 12.0 Å². The highest BCUT2D eigenvalue weighted by molar-refractivity contribution is 7.94. The van der Waals surface area contributed by atoms with Gasteiger partial charge in [-0.1, -0.05) is 0 Å². The Balaban J connectivity index is 2.22. The molecule has 0 aliphatic heterocycles. The summed E-state index contributed by atoms with van der Waals surface area (Å²) in [5, 5.41) is 10.5. The molecule has 0 spiro atoms. The van der Waals surface area contributed by atoms with Crippen molar-refractivity contribution in [1.82, 2.24) is 0 Å². The van der Waals surface area contributed by atoms with Crippen molar-refractivity contribution >= 4 is 38.7 Å². The number of thiophene rings is 1. The zero-order valence-electron chi connectivity index (χ0n) is 11.2. The van der Waals surface area contributed by atoms with Gasteiger partial charge in [-0.25, -0.2) is 13.2 Å². The van der Waals surface area contributed by atoms with Crippen molar-refractivity contribution in [3.8, 4) is 0 Å². The minimum Gasteiger partial charge on any atom is -0.465 e. The van der Waals surface area contributed by atoms with Gasteiger partial charge in [0.25, 0.3) is 15.7 Å². The Morgan fingerprint density at radius 2 is 1.86 bits per heavy atom. The maximum Gasteiger partial charge on any atom is 0.348 e. The highest BCUT2D eigenvalue weighted by Gasteiger charge is 2.20. The lowest BCUT2D eigenvalue weighted by Gasteiger charge is -2.05. The van der Waals surface area contributed by atoms with Gasteiger partial charge in [-0.3, -0.25) is 14.8 Å². The third-order valence-corrected chi connectivity index (χ3v) is 5.50. The normalized spacial score (nSPS) is 11.0. The molecule has 1 aromatic heterocycles. The first kappa shape index (κ1) is 15.9. The van der Waals surface area contributed by atoms with Gasteiger partial charge in [0.1, 0.15) is 9.09 Å². The predicted octanol–water partition coefficient (Wildman–Crippen LogP) is 2.24. The average Bonchev–Trinajstić information content (AvgIpc) is 2.97. The summed E-state index contributed by atoms with van der Waals surface area (Å²) in [6.07, 6.45) is 0. The fourth-order valence-electron chi connectivity index (χ4n) is 1.53. The van der Waals surface area contributed by atoms with Gasteiger partial charge in [-0.2, -0.15) is 0 Å². The first-order chi connectivity index (χ1) is 10.3. The largest absolute Gasteiger partial charge is 0.465 e. The Bertz CT molecular complexity index is 810. The summed E-state index contributed by atoms with van der Waals surface area (Å²) in [6.45, 7) is 0. The first-order valence-corrected chi connectivity index (χ1v) is 8.09. The van der Waals surface area contributed by atoms with Crippen LogP contribution in [-0.4, -0.2) is 26.4 Å². The van der Waals surface area contributed by atoms with E-state index in [2.05, 4.69) is 9.46 Å². The molecule has 1 heterocycles. The van der Waals surface area contributed by atoms with Crippen LogP contribution in [0.2, 0.25) is 0 Å². The number of non-ortho nitro benzene ring substituents is 1. The van der Waals surface area contributed by atoms with Crippen LogP contribution in [0.5, 0.6) is 0 Å². The molecule has 0 saturated heterocycles. The number of esters is 1. The van der Waals surface area contributed by atoms with Gasteiger partial charge in [0.15, 0.2) is 0 Å². The van der Waals surface area contributed by atoms with Crippen molar-refractivity contribution in [3.05, 3.63) is 51.4 Å². The molecule has 0 radical (unpaired) electrons. The third-order valence-electron chi connectivity index (χ3n) is 2.56. The molecule has 0 aliphatic rings. The summed E-state index contributed by atoms with van der Waals surface area (Å²) >= 11 is 0.767. The van der Waals surface area contributed by atoms with Crippen molar-refractivity contribution in [3.63, 3.8) is 0 Å². The van der Waals surface area contributed by atoms with E-state index in [1.54, 1.807) is 0 Å². The number of ether oxygens (including phenoxy) is 1. The zero-order chi connectivity index (χ0) is 16.3. The summed E-state index contributed by atoms with van der Waals surface area (Å²) in [5.41, 5.74) is 0.0330. The minimum atomic E-state index is -3.88. The van der Waals surface area contributed by atoms with Gasteiger partial charge in [-0.05, 0) is 24.3 Å². The summed E-state index contributed by atoms with van der Waals surface area (Å²) < 4.78 is 31.0. The Hall–Kier alpha value is -2.46. The predicted molar refractivity (Wildman–Crippen MR) is 79.6 cm³/mol. The Kier molecular flexibility index (Phi) is 4.43. The van der Waals surface area contributed by atoms with Crippen LogP contribution >= 0.6 is 11.3 Å². The highest BCUT2D eigenvalue weighted by atomic mass is 32.2. The van der Waals surface area contributed by atoms with Crippen LogP contribution < -0.4 is 4.72 Å². The quantitative estimate of drug-likeness (QED) is 0.506.